The Morgan fingerprint density at radius 1 is 1.04 bits per heavy atom. The summed E-state index contributed by atoms with van der Waals surface area (Å²) >= 11 is 0. The van der Waals surface area contributed by atoms with Gasteiger partial charge < -0.3 is 20.3 Å². The van der Waals surface area contributed by atoms with Gasteiger partial charge in [0, 0.05) is 5.69 Å². The van der Waals surface area contributed by atoms with E-state index in [1.807, 2.05) is 18.2 Å². The number of nitrogens with one attached hydrogen (secondary N) is 1. The van der Waals surface area contributed by atoms with Gasteiger partial charge in [0.25, 0.3) is 5.91 Å². The van der Waals surface area contributed by atoms with Crippen molar-refractivity contribution >= 4 is 17.6 Å². The van der Waals surface area contributed by atoms with E-state index in [9.17, 15) is 24.8 Å². The first-order valence-corrected chi connectivity index (χ1v) is 7.95. The molecule has 0 aromatic heterocycles. The highest BCUT2D eigenvalue weighted by atomic mass is 16.7. The molecule has 10 heteroatoms. The number of aliphatic carboxylic acids is 1. The number of nitro groups is 1. The number of carboxylic acid groups (broad SMARTS) is 1. The molecule has 1 aliphatic rings. The van der Waals surface area contributed by atoms with Crippen LogP contribution in [-0.2, 0) is 14.3 Å². The zero-order valence-corrected chi connectivity index (χ0v) is 14.1. The lowest BCUT2D eigenvalue weighted by atomic mass is 10.1. The van der Waals surface area contributed by atoms with E-state index in [4.69, 9.17) is 9.84 Å². The number of anilines is 1. The van der Waals surface area contributed by atoms with E-state index in [0.29, 0.717) is 11.5 Å². The summed E-state index contributed by atoms with van der Waals surface area (Å²) in [6, 6.07) is 15.1. The van der Waals surface area contributed by atoms with Gasteiger partial charge in [-0.05, 0) is 36.4 Å². The lowest BCUT2D eigenvalue weighted by Gasteiger charge is -2.10. The number of carbonyl (C=O) groups excluding carboxylic acids is 1. The van der Waals surface area contributed by atoms with E-state index >= 15 is 0 Å². The van der Waals surface area contributed by atoms with Gasteiger partial charge in [0.1, 0.15) is 11.5 Å². The van der Waals surface area contributed by atoms with Crippen LogP contribution in [0.25, 0.3) is 0 Å². The van der Waals surface area contributed by atoms with Crippen molar-refractivity contribution < 1.29 is 34.2 Å². The average Bonchev–Trinajstić information content (AvgIpc) is 3.02. The summed E-state index contributed by atoms with van der Waals surface area (Å²) < 4.78 is 10.2. The highest BCUT2D eigenvalue weighted by molar-refractivity contribution is 6.10. The van der Waals surface area contributed by atoms with Crippen molar-refractivity contribution in [3.05, 3.63) is 75.9 Å². The van der Waals surface area contributed by atoms with Crippen LogP contribution in [0.3, 0.4) is 0 Å². The van der Waals surface area contributed by atoms with Crippen molar-refractivity contribution in [1.82, 2.24) is 0 Å². The molecule has 1 amide bonds. The summed E-state index contributed by atoms with van der Waals surface area (Å²) in [5.41, 5.74) is -1.38. The van der Waals surface area contributed by atoms with Crippen LogP contribution in [0.4, 0.5) is 5.69 Å². The molecule has 2 aromatic rings. The maximum absolute atomic E-state index is 12.4. The molecule has 0 spiro atoms. The number of rotatable bonds is 6. The fourth-order valence-corrected chi connectivity index (χ4v) is 2.56. The molecule has 3 N–H and O–H groups in total. The predicted molar refractivity (Wildman–Crippen MR) is 94.1 cm³/mol. The third kappa shape index (κ3) is 3.98. The minimum atomic E-state index is -2.13. The maximum Gasteiger partial charge on any atom is 0.352 e. The van der Waals surface area contributed by atoms with Crippen LogP contribution in [0.5, 0.6) is 11.5 Å². The van der Waals surface area contributed by atoms with E-state index in [1.165, 1.54) is 12.1 Å². The minimum absolute atomic E-state index is 0.263. The summed E-state index contributed by atoms with van der Waals surface area (Å²) in [6.07, 6.45) is -4.16. The molecule has 1 heterocycles. The molecule has 0 fully saturated rings. The molecule has 2 atom stereocenters. The molecule has 0 saturated carbocycles. The zero-order valence-electron chi connectivity index (χ0n) is 14.1. The fraction of sp³-hybridized carbons (Fsp3) is 0.111. The number of aliphatic hydroxyl groups excluding tert-OH is 1. The van der Waals surface area contributed by atoms with Gasteiger partial charge in [-0.2, -0.15) is 0 Å². The molecule has 0 saturated heterocycles. The summed E-state index contributed by atoms with van der Waals surface area (Å²) in [5, 5.41) is 32.2. The first-order chi connectivity index (χ1) is 13.4. The predicted octanol–water partition coefficient (Wildman–Crippen LogP) is 1.75. The highest BCUT2D eigenvalue weighted by Gasteiger charge is 2.47. The van der Waals surface area contributed by atoms with Crippen LogP contribution in [0.1, 0.15) is 0 Å². The molecular weight excluding hydrogens is 372 g/mol. The van der Waals surface area contributed by atoms with Crippen molar-refractivity contribution in [3.63, 3.8) is 0 Å². The van der Waals surface area contributed by atoms with Crippen LogP contribution in [0, 0.1) is 10.1 Å². The molecule has 2 unspecified atom stereocenters. The van der Waals surface area contributed by atoms with Crippen LogP contribution in [0.2, 0.25) is 0 Å². The second kappa shape index (κ2) is 7.86. The first-order valence-electron chi connectivity index (χ1n) is 7.95. The van der Waals surface area contributed by atoms with Gasteiger partial charge in [0.15, 0.2) is 11.9 Å². The Balaban J connectivity index is 1.76. The molecule has 28 heavy (non-hydrogen) atoms. The first kappa shape index (κ1) is 19.0. The van der Waals surface area contributed by atoms with Crippen molar-refractivity contribution in [2.45, 2.75) is 12.5 Å². The Kier molecular flexibility index (Phi) is 5.34. The number of nitrogens with zero attached hydrogens (tertiary/aromatic N) is 1. The number of benzene rings is 2. The van der Waals surface area contributed by atoms with Crippen molar-refractivity contribution in [3.8, 4) is 11.5 Å². The van der Waals surface area contributed by atoms with Gasteiger partial charge in [-0.15, -0.1) is 0 Å². The number of hydrogen-bond acceptors (Lipinski definition) is 7. The monoisotopic (exact) mass is 386 g/mol. The van der Waals surface area contributed by atoms with Crippen LogP contribution < -0.4 is 10.1 Å². The van der Waals surface area contributed by atoms with Crippen molar-refractivity contribution in [1.29, 1.82) is 0 Å². The largest absolute Gasteiger partial charge is 0.478 e. The molecule has 2 aromatic carbocycles. The molecule has 1 aliphatic heterocycles. The standard InChI is InChI=1S/C18H14N2O8/c21-15(13-14(17(22)23)16(20(25)26)28-18(13)24)19-10-6-8-12(9-7-10)27-11-4-2-1-3-5-11/h1-9,16,18,24H,(H,19,21)(H,22,23). The van der Waals surface area contributed by atoms with Gasteiger partial charge in [-0.25, -0.2) is 4.79 Å². The van der Waals surface area contributed by atoms with Crippen LogP contribution >= 0.6 is 0 Å². The molecule has 0 aliphatic carbocycles. The van der Waals surface area contributed by atoms with Gasteiger partial charge in [-0.3, -0.25) is 19.6 Å². The fourth-order valence-electron chi connectivity index (χ4n) is 2.56. The third-order valence-corrected chi connectivity index (χ3v) is 3.80. The van der Waals surface area contributed by atoms with E-state index in [-0.39, 0.29) is 5.69 Å². The number of ether oxygens (including phenoxy) is 2. The lowest BCUT2D eigenvalue weighted by Crippen LogP contribution is -2.26. The number of aliphatic hydroxyl groups is 1. The molecular formula is C18H14N2O8. The van der Waals surface area contributed by atoms with Gasteiger partial charge in [0.2, 0.25) is 0 Å². The summed E-state index contributed by atoms with van der Waals surface area (Å²) in [6.45, 7) is 0. The Hall–Kier alpha value is -3.76. The van der Waals surface area contributed by atoms with E-state index in [1.54, 1.807) is 24.3 Å². The Labute approximate surface area is 157 Å². The molecule has 0 bridgehead atoms. The molecule has 144 valence electrons. The van der Waals surface area contributed by atoms with Crippen LogP contribution in [-0.4, -0.2) is 39.5 Å². The topological polar surface area (TPSA) is 148 Å². The van der Waals surface area contributed by atoms with Gasteiger partial charge in [-0.1, -0.05) is 18.2 Å². The van der Waals surface area contributed by atoms with E-state index in [0.717, 1.165) is 0 Å². The van der Waals surface area contributed by atoms with Gasteiger partial charge >= 0.3 is 12.2 Å². The summed E-state index contributed by atoms with van der Waals surface area (Å²) in [4.78, 5) is 33.5. The number of carboxylic acids is 1. The average molecular weight is 386 g/mol. The Morgan fingerprint density at radius 2 is 1.64 bits per heavy atom. The van der Waals surface area contributed by atoms with E-state index in [2.05, 4.69) is 10.1 Å². The van der Waals surface area contributed by atoms with Crippen LogP contribution in [0.15, 0.2) is 65.7 Å². The lowest BCUT2D eigenvalue weighted by molar-refractivity contribution is -0.566. The maximum atomic E-state index is 12.4. The summed E-state index contributed by atoms with van der Waals surface area (Å²) in [7, 11) is 0. The quantitative estimate of drug-likeness (QED) is 0.502. The number of para-hydroxylation sites is 1. The number of amides is 1. The number of hydrogen-bond donors (Lipinski definition) is 3. The second-order valence-corrected chi connectivity index (χ2v) is 5.65. The molecule has 10 nitrogen and oxygen atoms in total. The third-order valence-electron chi connectivity index (χ3n) is 3.80. The van der Waals surface area contributed by atoms with Gasteiger partial charge in [0.05, 0.1) is 10.5 Å². The summed E-state index contributed by atoms with van der Waals surface area (Å²) in [5.74, 6) is -1.64. The normalized spacial score (nSPS) is 18.6. The smallest absolute Gasteiger partial charge is 0.352 e. The van der Waals surface area contributed by atoms with Crippen molar-refractivity contribution in [2.24, 2.45) is 0 Å². The van der Waals surface area contributed by atoms with Crippen molar-refractivity contribution in [2.75, 3.05) is 5.32 Å². The highest BCUT2D eigenvalue weighted by Crippen LogP contribution is 2.28. The number of carbonyl (C=O) groups is 2. The zero-order chi connectivity index (χ0) is 20.3. The molecule has 0 radical (unpaired) electrons. The van der Waals surface area contributed by atoms with E-state index < -0.39 is 40.5 Å². The Bertz CT molecular complexity index is 940. The second-order valence-electron chi connectivity index (χ2n) is 5.65. The minimum Gasteiger partial charge on any atom is -0.478 e. The molecule has 3 rings (SSSR count). The Morgan fingerprint density at radius 3 is 2.21 bits per heavy atom. The SMILES string of the molecule is O=C(O)C1=C(C(=O)Nc2ccc(Oc3ccccc3)cc2)C(O)OC1[N+](=O)[O-].